The van der Waals surface area contributed by atoms with Gasteiger partial charge in [0.1, 0.15) is 16.1 Å². The Bertz CT molecular complexity index is 626. The lowest BCUT2D eigenvalue weighted by Crippen LogP contribution is -2.32. The zero-order chi connectivity index (χ0) is 18.3. The maximum absolute atomic E-state index is 12.4. The number of nitrogens with zero attached hydrogens (tertiary/aromatic N) is 1. The second-order valence-electron chi connectivity index (χ2n) is 4.19. The van der Waals surface area contributed by atoms with E-state index in [4.69, 9.17) is 47.6 Å². The summed E-state index contributed by atoms with van der Waals surface area (Å²) >= 11 is 13.0. The molecule has 0 amide bonds. The second kappa shape index (κ2) is 9.82. The Balaban J connectivity index is 3.01. The van der Waals surface area contributed by atoms with Gasteiger partial charge in [-0.3, -0.25) is 13.8 Å². The topological polar surface area (TPSA) is 121 Å². The Labute approximate surface area is 153 Å². The van der Waals surface area contributed by atoms with E-state index in [0.29, 0.717) is 0 Å². The molecule has 0 saturated heterocycles. The zero-order valence-corrected chi connectivity index (χ0v) is 16.1. The maximum atomic E-state index is 12.4. The highest BCUT2D eigenvalue weighted by atomic mass is 35.5. The highest BCUT2D eigenvalue weighted by Gasteiger charge is 2.30. The van der Waals surface area contributed by atoms with Crippen LogP contribution in [0.4, 0.5) is 0 Å². The number of aliphatic carboxylic acids is 1. The molecule has 0 fully saturated rings. The van der Waals surface area contributed by atoms with Crippen LogP contribution in [0.1, 0.15) is 13.8 Å². The number of aromatic nitrogens is 1. The molecule has 3 N–H and O–H groups in total. The van der Waals surface area contributed by atoms with Crippen LogP contribution in [-0.2, 0) is 18.4 Å². The van der Waals surface area contributed by atoms with Gasteiger partial charge in [0.2, 0.25) is 5.88 Å². The zero-order valence-electron chi connectivity index (χ0n) is 12.9. The summed E-state index contributed by atoms with van der Waals surface area (Å²) in [4.78, 5) is 14.8. The molecule has 136 valence electrons. The van der Waals surface area contributed by atoms with Gasteiger partial charge in [-0.1, -0.05) is 23.2 Å². The molecule has 1 aromatic heterocycles. The van der Waals surface area contributed by atoms with Gasteiger partial charge in [0.15, 0.2) is 0 Å². The van der Waals surface area contributed by atoms with Gasteiger partial charge in [-0.05, 0) is 19.9 Å². The van der Waals surface area contributed by atoms with Gasteiger partial charge >= 0.3 is 13.8 Å². The van der Waals surface area contributed by atoms with Gasteiger partial charge < -0.3 is 15.4 Å². The average Bonchev–Trinajstić information content (AvgIpc) is 2.48. The summed E-state index contributed by atoms with van der Waals surface area (Å²) in [5, 5.41) is 9.20. The third-order valence-electron chi connectivity index (χ3n) is 2.35. The fourth-order valence-electron chi connectivity index (χ4n) is 1.35. The van der Waals surface area contributed by atoms with Crippen LogP contribution in [0.3, 0.4) is 0 Å². The van der Waals surface area contributed by atoms with Gasteiger partial charge in [0.05, 0.1) is 18.2 Å². The van der Waals surface area contributed by atoms with Crippen LogP contribution in [0.25, 0.3) is 0 Å². The molecule has 24 heavy (non-hydrogen) atoms. The van der Waals surface area contributed by atoms with E-state index >= 15 is 0 Å². The van der Waals surface area contributed by atoms with Crippen molar-refractivity contribution in [1.29, 1.82) is 0 Å². The summed E-state index contributed by atoms with van der Waals surface area (Å²) in [7, 11) is -3.87. The lowest BCUT2D eigenvalue weighted by molar-refractivity contribution is -0.137. The molecule has 0 aliphatic carbocycles. The fraction of sp³-hybridized carbons (Fsp3) is 0.500. The lowest BCUT2D eigenvalue weighted by Gasteiger charge is -2.17. The largest absolute Gasteiger partial charge is 0.531 e. The Hall–Kier alpha value is -0.540. The van der Waals surface area contributed by atoms with Crippen molar-refractivity contribution in [3.8, 4) is 5.88 Å². The Morgan fingerprint density at radius 3 is 2.46 bits per heavy atom. The fourth-order valence-corrected chi connectivity index (χ4v) is 3.95. The van der Waals surface area contributed by atoms with E-state index in [2.05, 4.69) is 4.98 Å². The quantitative estimate of drug-likeness (QED) is 0.434. The van der Waals surface area contributed by atoms with Crippen molar-refractivity contribution in [1.82, 2.24) is 4.98 Å². The molecule has 0 radical (unpaired) electrons. The van der Waals surface area contributed by atoms with Crippen LogP contribution in [0.5, 0.6) is 5.88 Å². The van der Waals surface area contributed by atoms with E-state index in [9.17, 15) is 9.36 Å². The second-order valence-corrected chi connectivity index (χ2v) is 7.61. The van der Waals surface area contributed by atoms with Crippen LogP contribution in [0, 0.1) is 0 Å². The summed E-state index contributed by atoms with van der Waals surface area (Å²) < 4.78 is 27.6. The summed E-state index contributed by atoms with van der Waals surface area (Å²) in [6.07, 6.45) is 0. The summed E-state index contributed by atoms with van der Waals surface area (Å²) in [5.74, 6) is -1.32. The molecule has 0 saturated carbocycles. The number of thioether (sulfide) groups is 1. The number of pyridine rings is 1. The predicted octanol–water partition coefficient (Wildman–Crippen LogP) is 3.45. The van der Waals surface area contributed by atoms with Crippen LogP contribution >= 0.6 is 42.8 Å². The lowest BCUT2D eigenvalue weighted by atomic mass is 10.4. The van der Waals surface area contributed by atoms with Crippen molar-refractivity contribution in [2.75, 3.05) is 19.0 Å². The number of phosphoric ester groups is 1. The molecule has 0 spiro atoms. The maximum Gasteiger partial charge on any atom is 0.531 e. The van der Waals surface area contributed by atoms with Crippen LogP contribution in [0.15, 0.2) is 11.1 Å². The van der Waals surface area contributed by atoms with E-state index in [-0.39, 0.29) is 39.9 Å². The van der Waals surface area contributed by atoms with Gasteiger partial charge in [-0.15, -0.1) is 11.8 Å². The Morgan fingerprint density at radius 1 is 1.38 bits per heavy atom. The van der Waals surface area contributed by atoms with E-state index < -0.39 is 19.8 Å². The van der Waals surface area contributed by atoms with Crippen molar-refractivity contribution in [3.63, 3.8) is 0 Å². The van der Waals surface area contributed by atoms with Crippen molar-refractivity contribution in [2.45, 2.75) is 24.9 Å². The van der Waals surface area contributed by atoms with Crippen molar-refractivity contribution in [3.05, 3.63) is 16.1 Å². The average molecular weight is 419 g/mol. The molecule has 1 aromatic rings. The number of hydrogen-bond donors (Lipinski definition) is 2. The number of carboxylic acid groups (broad SMARTS) is 1. The molecule has 1 rings (SSSR count). The van der Waals surface area contributed by atoms with Crippen molar-refractivity contribution < 1.29 is 28.0 Å². The first-order valence-corrected chi connectivity index (χ1v) is 9.98. The number of carbonyl (C=O) groups is 1. The van der Waals surface area contributed by atoms with Crippen LogP contribution in [0.2, 0.25) is 10.0 Å². The summed E-state index contributed by atoms with van der Waals surface area (Å²) in [6.45, 7) is 3.44. The number of halogens is 2. The Kier molecular flexibility index (Phi) is 8.80. The van der Waals surface area contributed by atoms with E-state index in [1.807, 2.05) is 0 Å². The van der Waals surface area contributed by atoms with Crippen LogP contribution < -0.4 is 10.3 Å². The monoisotopic (exact) mass is 418 g/mol. The number of rotatable bonds is 10. The van der Waals surface area contributed by atoms with Crippen LogP contribution in [-0.4, -0.2) is 41.1 Å². The molecule has 8 nitrogen and oxygen atoms in total. The highest BCUT2D eigenvalue weighted by Crippen LogP contribution is 2.50. The molecule has 12 heteroatoms. The van der Waals surface area contributed by atoms with Gasteiger partial charge in [-0.2, -0.15) is 0 Å². The van der Waals surface area contributed by atoms with Crippen molar-refractivity contribution >= 4 is 48.8 Å². The standard InChI is InChI=1S/C12H17Cl2N2O6PS/c1-3-20-23(19,21-4-2)22-10-7(13)5-8(14)11(16-10)24-6-9(15)12(17)18/h5,9H,3-4,6,15H2,1-2H3,(H,17,18)/t9-/m0/s1. The van der Waals surface area contributed by atoms with Gasteiger partial charge in [-0.25, -0.2) is 9.55 Å². The normalized spacial score (nSPS) is 12.9. The molecule has 1 atom stereocenters. The number of nitrogens with two attached hydrogens (primary N) is 1. The first-order chi connectivity index (χ1) is 11.2. The molecule has 0 aliphatic rings. The van der Waals surface area contributed by atoms with E-state index in [1.165, 1.54) is 6.07 Å². The minimum atomic E-state index is -3.87. The predicted molar refractivity (Wildman–Crippen MR) is 92.1 cm³/mol. The minimum absolute atomic E-state index is 0.00603. The molecular weight excluding hydrogens is 402 g/mol. The number of carboxylic acids is 1. The SMILES string of the molecule is CCOP(=O)(OCC)Oc1nc(SC[C@H](N)C(=O)O)c(Cl)cc1Cl. The summed E-state index contributed by atoms with van der Waals surface area (Å²) in [6, 6.07) is 0.244. The van der Waals surface area contributed by atoms with Crippen molar-refractivity contribution in [2.24, 2.45) is 5.73 Å². The molecule has 0 unspecified atom stereocenters. The van der Waals surface area contributed by atoms with Gasteiger partial charge in [0, 0.05) is 5.75 Å². The number of hydrogen-bond acceptors (Lipinski definition) is 8. The first kappa shape index (κ1) is 21.5. The minimum Gasteiger partial charge on any atom is -0.480 e. The molecule has 0 aromatic carbocycles. The molecule has 0 aliphatic heterocycles. The van der Waals surface area contributed by atoms with E-state index in [0.717, 1.165) is 11.8 Å². The van der Waals surface area contributed by atoms with Gasteiger partial charge in [0.25, 0.3) is 0 Å². The Morgan fingerprint density at radius 2 is 1.96 bits per heavy atom. The molecular formula is C12H17Cl2N2O6PS. The third kappa shape index (κ3) is 6.40. The highest BCUT2D eigenvalue weighted by molar-refractivity contribution is 7.99. The molecule has 0 bridgehead atoms. The van der Waals surface area contributed by atoms with E-state index in [1.54, 1.807) is 13.8 Å². The summed E-state index contributed by atoms with van der Waals surface area (Å²) in [5.41, 5.74) is 5.43. The first-order valence-electron chi connectivity index (χ1n) is 6.78. The number of phosphoric acid groups is 1. The third-order valence-corrected chi connectivity index (χ3v) is 5.68. The molecule has 1 heterocycles. The smallest absolute Gasteiger partial charge is 0.480 e.